The van der Waals surface area contributed by atoms with Gasteiger partial charge in [0.1, 0.15) is 15.7 Å². The lowest BCUT2D eigenvalue weighted by molar-refractivity contribution is 0.482. The van der Waals surface area contributed by atoms with E-state index in [0.29, 0.717) is 5.75 Å². The highest BCUT2D eigenvalue weighted by molar-refractivity contribution is 7.88. The third-order valence-corrected chi connectivity index (χ3v) is 5.41. The Balaban J connectivity index is 1.81. The summed E-state index contributed by atoms with van der Waals surface area (Å²) < 4.78 is 36.8. The number of ether oxygens (including phenoxy) is 1. The Morgan fingerprint density at radius 3 is 2.05 bits per heavy atom. The van der Waals surface area contributed by atoms with Crippen LogP contribution in [0.1, 0.15) is 0 Å². The zero-order valence-electron chi connectivity index (χ0n) is 11.3. The molecule has 1 N–H and O–H groups in total. The third kappa shape index (κ3) is 3.36. The van der Waals surface area contributed by atoms with Crippen LogP contribution in [0.15, 0.2) is 70.9 Å². The van der Waals surface area contributed by atoms with Gasteiger partial charge in [-0.25, -0.2) is 0 Å². The highest BCUT2D eigenvalue weighted by Crippen LogP contribution is 2.32. The van der Waals surface area contributed by atoms with Gasteiger partial charge in [-0.1, -0.05) is 18.2 Å². The molecule has 1 heterocycles. The molecule has 0 bridgehead atoms. The quantitative estimate of drug-likeness (QED) is 0.717. The maximum atomic E-state index is 11.1. The fourth-order valence-electron chi connectivity index (χ4n) is 1.93. The summed E-state index contributed by atoms with van der Waals surface area (Å²) in [5.74, 6) is 1.45. The van der Waals surface area contributed by atoms with Gasteiger partial charge in [-0.15, -0.1) is 11.3 Å². The summed E-state index contributed by atoms with van der Waals surface area (Å²) in [5, 5.41) is 0. The Morgan fingerprint density at radius 2 is 1.45 bits per heavy atom. The second kappa shape index (κ2) is 5.92. The highest BCUT2D eigenvalue weighted by atomic mass is 32.3. The summed E-state index contributed by atoms with van der Waals surface area (Å²) in [6, 6.07) is 19.8. The van der Waals surface area contributed by atoms with Crippen LogP contribution in [0.3, 0.4) is 0 Å². The minimum atomic E-state index is -4.15. The molecule has 0 amide bonds. The Kier molecular flexibility index (Phi) is 3.98. The van der Waals surface area contributed by atoms with E-state index in [1.807, 2.05) is 54.6 Å². The van der Waals surface area contributed by atoms with Crippen LogP contribution in [0.4, 0.5) is 0 Å². The molecule has 112 valence electrons. The van der Waals surface area contributed by atoms with Crippen molar-refractivity contribution in [3.05, 3.63) is 66.7 Å². The van der Waals surface area contributed by atoms with E-state index in [1.165, 1.54) is 6.07 Å². The van der Waals surface area contributed by atoms with Gasteiger partial charge in [0.15, 0.2) is 0 Å². The van der Waals surface area contributed by atoms with Crippen LogP contribution in [0.2, 0.25) is 0 Å². The average molecular weight is 332 g/mol. The number of rotatable bonds is 4. The predicted molar refractivity (Wildman–Crippen MR) is 86.1 cm³/mol. The molecule has 3 rings (SSSR count). The molecule has 0 atom stereocenters. The number of hydrogen-bond acceptors (Lipinski definition) is 4. The van der Waals surface area contributed by atoms with Gasteiger partial charge >= 0.3 is 10.1 Å². The van der Waals surface area contributed by atoms with Crippen molar-refractivity contribution < 1.29 is 17.7 Å². The van der Waals surface area contributed by atoms with E-state index in [0.717, 1.165) is 27.5 Å². The van der Waals surface area contributed by atoms with Gasteiger partial charge in [-0.05, 0) is 54.1 Å². The first kappa shape index (κ1) is 14.8. The molecule has 0 saturated heterocycles. The van der Waals surface area contributed by atoms with E-state index in [4.69, 9.17) is 9.29 Å². The van der Waals surface area contributed by atoms with Crippen LogP contribution in [-0.4, -0.2) is 13.0 Å². The SMILES string of the molecule is O=S(=O)(O)c1ccc(-c2ccc(Oc3ccccc3)cc2)s1. The Bertz CT molecular complexity index is 866. The molecule has 0 aliphatic heterocycles. The van der Waals surface area contributed by atoms with E-state index < -0.39 is 10.1 Å². The van der Waals surface area contributed by atoms with E-state index in [2.05, 4.69) is 0 Å². The van der Waals surface area contributed by atoms with Crippen molar-refractivity contribution in [1.82, 2.24) is 0 Å². The van der Waals surface area contributed by atoms with Crippen LogP contribution >= 0.6 is 11.3 Å². The number of para-hydroxylation sites is 1. The van der Waals surface area contributed by atoms with Crippen molar-refractivity contribution >= 4 is 21.5 Å². The molecule has 0 aliphatic carbocycles. The average Bonchev–Trinajstić information content (AvgIpc) is 2.99. The van der Waals surface area contributed by atoms with Crippen LogP contribution in [0.5, 0.6) is 11.5 Å². The normalized spacial score (nSPS) is 11.3. The standard InChI is InChI=1S/C16H12O4S2/c17-22(18,19)16-11-10-15(21-16)12-6-8-14(9-7-12)20-13-4-2-1-3-5-13/h1-11H,(H,17,18,19). The summed E-state index contributed by atoms with van der Waals surface area (Å²) in [6.07, 6.45) is 0. The van der Waals surface area contributed by atoms with Crippen molar-refractivity contribution in [2.45, 2.75) is 4.21 Å². The molecule has 0 saturated carbocycles. The van der Waals surface area contributed by atoms with Crippen LogP contribution in [0.25, 0.3) is 10.4 Å². The first-order valence-corrected chi connectivity index (χ1v) is 8.69. The predicted octanol–water partition coefficient (Wildman–Crippen LogP) is 4.45. The smallest absolute Gasteiger partial charge is 0.304 e. The number of benzene rings is 2. The third-order valence-electron chi connectivity index (χ3n) is 2.95. The zero-order valence-corrected chi connectivity index (χ0v) is 13.0. The Hall–Kier alpha value is -2.15. The number of thiophene rings is 1. The zero-order chi connectivity index (χ0) is 15.6. The summed E-state index contributed by atoms with van der Waals surface area (Å²) >= 11 is 1.02. The van der Waals surface area contributed by atoms with Gasteiger partial charge in [0, 0.05) is 4.88 Å². The van der Waals surface area contributed by atoms with Gasteiger partial charge < -0.3 is 4.74 Å². The fourth-order valence-corrected chi connectivity index (χ4v) is 3.60. The molecule has 4 nitrogen and oxygen atoms in total. The Morgan fingerprint density at radius 1 is 0.818 bits per heavy atom. The number of hydrogen-bond donors (Lipinski definition) is 1. The summed E-state index contributed by atoms with van der Waals surface area (Å²) in [7, 11) is -4.15. The first-order chi connectivity index (χ1) is 10.5. The summed E-state index contributed by atoms with van der Waals surface area (Å²) in [6.45, 7) is 0. The summed E-state index contributed by atoms with van der Waals surface area (Å²) in [5.41, 5.74) is 0.861. The van der Waals surface area contributed by atoms with Crippen LogP contribution in [0, 0.1) is 0 Å². The monoisotopic (exact) mass is 332 g/mol. The highest BCUT2D eigenvalue weighted by Gasteiger charge is 2.13. The minimum Gasteiger partial charge on any atom is -0.457 e. The molecule has 2 aromatic carbocycles. The van der Waals surface area contributed by atoms with Gasteiger partial charge in [-0.2, -0.15) is 8.42 Å². The molecule has 0 fully saturated rings. The van der Waals surface area contributed by atoms with Crippen LogP contribution in [-0.2, 0) is 10.1 Å². The van der Waals surface area contributed by atoms with Gasteiger partial charge in [-0.3, -0.25) is 4.55 Å². The van der Waals surface area contributed by atoms with Gasteiger partial charge in [0.2, 0.25) is 0 Å². The molecule has 0 unspecified atom stereocenters. The molecule has 0 radical (unpaired) electrons. The molecule has 0 spiro atoms. The second-order valence-electron chi connectivity index (χ2n) is 4.53. The molecule has 1 aromatic heterocycles. The summed E-state index contributed by atoms with van der Waals surface area (Å²) in [4.78, 5) is 0.763. The molecular weight excluding hydrogens is 320 g/mol. The lowest BCUT2D eigenvalue weighted by atomic mass is 10.2. The second-order valence-corrected chi connectivity index (χ2v) is 7.27. The molecule has 3 aromatic rings. The molecule has 6 heteroatoms. The minimum absolute atomic E-state index is 0.0629. The fraction of sp³-hybridized carbons (Fsp3) is 0. The van der Waals surface area contributed by atoms with E-state index >= 15 is 0 Å². The van der Waals surface area contributed by atoms with Crippen LogP contribution < -0.4 is 4.74 Å². The molecule has 0 aliphatic rings. The van der Waals surface area contributed by atoms with Gasteiger partial charge in [0.25, 0.3) is 0 Å². The largest absolute Gasteiger partial charge is 0.457 e. The van der Waals surface area contributed by atoms with E-state index in [1.54, 1.807) is 6.07 Å². The van der Waals surface area contributed by atoms with E-state index in [9.17, 15) is 8.42 Å². The molecular formula is C16H12O4S2. The lowest BCUT2D eigenvalue weighted by Gasteiger charge is -2.06. The van der Waals surface area contributed by atoms with Gasteiger partial charge in [0.05, 0.1) is 0 Å². The molecule has 22 heavy (non-hydrogen) atoms. The maximum Gasteiger partial charge on any atom is 0.304 e. The van der Waals surface area contributed by atoms with Crippen molar-refractivity contribution in [2.24, 2.45) is 0 Å². The topological polar surface area (TPSA) is 63.6 Å². The first-order valence-electron chi connectivity index (χ1n) is 6.43. The lowest BCUT2D eigenvalue weighted by Crippen LogP contribution is -1.92. The van der Waals surface area contributed by atoms with Crippen molar-refractivity contribution in [1.29, 1.82) is 0 Å². The maximum absolute atomic E-state index is 11.1. The van der Waals surface area contributed by atoms with Crippen molar-refractivity contribution in [3.63, 3.8) is 0 Å². The van der Waals surface area contributed by atoms with Crippen molar-refractivity contribution in [2.75, 3.05) is 0 Å². The van der Waals surface area contributed by atoms with Crippen molar-refractivity contribution in [3.8, 4) is 21.9 Å². The Labute approximate surface area is 132 Å². The van der Waals surface area contributed by atoms with E-state index in [-0.39, 0.29) is 4.21 Å².